The van der Waals surface area contributed by atoms with E-state index in [2.05, 4.69) is 6.58 Å². The average Bonchev–Trinajstić information content (AvgIpc) is 2.05. The van der Waals surface area contributed by atoms with Crippen molar-refractivity contribution < 1.29 is 5.11 Å². The second-order valence-corrected chi connectivity index (χ2v) is 3.44. The van der Waals surface area contributed by atoms with E-state index < -0.39 is 0 Å². The van der Waals surface area contributed by atoms with Crippen LogP contribution in [0.1, 0.15) is 25.7 Å². The maximum atomic E-state index is 9.11. The number of nitrogens with two attached hydrogens (primary N) is 1. The Morgan fingerprint density at radius 2 is 1.91 bits per heavy atom. The molecule has 11 heavy (non-hydrogen) atoms. The molecule has 1 aliphatic rings. The Morgan fingerprint density at radius 1 is 1.36 bits per heavy atom. The molecule has 0 aromatic rings. The molecule has 1 rings (SSSR count). The zero-order chi connectivity index (χ0) is 8.27. The van der Waals surface area contributed by atoms with Crippen molar-refractivity contribution in [2.75, 3.05) is 6.54 Å². The standard InChI is InChI=1S/C9H17NO/c1-7(11)9-4-2-8(6-10)3-5-9/h8-9,11H,1-6,10H2. The number of aliphatic hydroxyl groups excluding tert-OH is 1. The molecular weight excluding hydrogens is 138 g/mol. The van der Waals surface area contributed by atoms with Crippen LogP contribution in [-0.4, -0.2) is 11.7 Å². The second-order valence-electron chi connectivity index (χ2n) is 3.44. The van der Waals surface area contributed by atoms with Crippen LogP contribution < -0.4 is 5.73 Å². The number of allylic oxidation sites excluding steroid dienone is 1. The van der Waals surface area contributed by atoms with E-state index >= 15 is 0 Å². The SMILES string of the molecule is C=C(O)C1CCC(CN)CC1. The van der Waals surface area contributed by atoms with E-state index in [4.69, 9.17) is 10.8 Å². The summed E-state index contributed by atoms with van der Waals surface area (Å²) in [5.41, 5.74) is 5.54. The van der Waals surface area contributed by atoms with Crippen molar-refractivity contribution in [2.45, 2.75) is 25.7 Å². The predicted octanol–water partition coefficient (Wildman–Crippen LogP) is 1.82. The van der Waals surface area contributed by atoms with Crippen molar-refractivity contribution in [3.63, 3.8) is 0 Å². The average molecular weight is 155 g/mol. The summed E-state index contributed by atoms with van der Waals surface area (Å²) < 4.78 is 0. The first-order valence-corrected chi connectivity index (χ1v) is 4.32. The van der Waals surface area contributed by atoms with Gasteiger partial charge in [0.05, 0.1) is 5.76 Å². The first kappa shape index (κ1) is 8.60. The summed E-state index contributed by atoms with van der Waals surface area (Å²) in [4.78, 5) is 0. The molecule has 64 valence electrons. The summed E-state index contributed by atoms with van der Waals surface area (Å²) in [6, 6.07) is 0. The van der Waals surface area contributed by atoms with Crippen LogP contribution in [0.5, 0.6) is 0 Å². The zero-order valence-electron chi connectivity index (χ0n) is 6.92. The summed E-state index contributed by atoms with van der Waals surface area (Å²) in [7, 11) is 0. The first-order chi connectivity index (χ1) is 5.24. The monoisotopic (exact) mass is 155 g/mol. The highest BCUT2D eigenvalue weighted by atomic mass is 16.3. The number of aliphatic hydroxyl groups is 1. The summed E-state index contributed by atoms with van der Waals surface area (Å²) in [6.07, 6.45) is 4.44. The van der Waals surface area contributed by atoms with Crippen molar-refractivity contribution >= 4 is 0 Å². The van der Waals surface area contributed by atoms with Gasteiger partial charge in [-0.15, -0.1) is 0 Å². The molecule has 0 atom stereocenters. The summed E-state index contributed by atoms with van der Waals surface area (Å²) in [5.74, 6) is 1.39. The van der Waals surface area contributed by atoms with Crippen LogP contribution in [0, 0.1) is 11.8 Å². The molecule has 2 heteroatoms. The van der Waals surface area contributed by atoms with Gasteiger partial charge >= 0.3 is 0 Å². The van der Waals surface area contributed by atoms with E-state index in [-0.39, 0.29) is 0 Å². The number of hydrogen-bond acceptors (Lipinski definition) is 2. The highest BCUT2D eigenvalue weighted by Gasteiger charge is 2.21. The van der Waals surface area contributed by atoms with Crippen molar-refractivity contribution in [3.05, 3.63) is 12.3 Å². The minimum absolute atomic E-state index is 0.345. The molecule has 0 radical (unpaired) electrons. The fourth-order valence-corrected chi connectivity index (χ4v) is 1.73. The minimum atomic E-state index is 0.345. The van der Waals surface area contributed by atoms with Gasteiger partial charge < -0.3 is 10.8 Å². The van der Waals surface area contributed by atoms with Crippen LogP contribution in [0.15, 0.2) is 12.3 Å². The van der Waals surface area contributed by atoms with Gasteiger partial charge in [0, 0.05) is 5.92 Å². The molecule has 0 aromatic carbocycles. The van der Waals surface area contributed by atoms with Crippen LogP contribution in [0.25, 0.3) is 0 Å². The van der Waals surface area contributed by atoms with Gasteiger partial charge in [-0.3, -0.25) is 0 Å². The highest BCUT2D eigenvalue weighted by molar-refractivity contribution is 4.91. The molecule has 1 saturated carbocycles. The maximum absolute atomic E-state index is 9.11. The van der Waals surface area contributed by atoms with Crippen LogP contribution in [0.4, 0.5) is 0 Å². The van der Waals surface area contributed by atoms with E-state index in [1.807, 2.05) is 0 Å². The van der Waals surface area contributed by atoms with E-state index in [9.17, 15) is 0 Å². The van der Waals surface area contributed by atoms with Crippen LogP contribution in [-0.2, 0) is 0 Å². The summed E-state index contributed by atoms with van der Waals surface area (Å²) in [5, 5.41) is 9.11. The lowest BCUT2D eigenvalue weighted by atomic mass is 9.81. The molecule has 0 aliphatic heterocycles. The molecule has 1 fully saturated rings. The summed E-state index contributed by atoms with van der Waals surface area (Å²) in [6.45, 7) is 4.35. The highest BCUT2D eigenvalue weighted by Crippen LogP contribution is 2.30. The van der Waals surface area contributed by atoms with Gasteiger partial charge in [-0.25, -0.2) is 0 Å². The Labute approximate surface area is 68.1 Å². The van der Waals surface area contributed by atoms with Crippen molar-refractivity contribution in [3.8, 4) is 0 Å². The van der Waals surface area contributed by atoms with Crippen LogP contribution in [0.2, 0.25) is 0 Å². The molecule has 0 spiro atoms. The maximum Gasteiger partial charge on any atom is 0.0881 e. The number of hydrogen-bond donors (Lipinski definition) is 2. The zero-order valence-corrected chi connectivity index (χ0v) is 6.92. The fraction of sp³-hybridized carbons (Fsp3) is 0.778. The Morgan fingerprint density at radius 3 is 2.27 bits per heavy atom. The van der Waals surface area contributed by atoms with Crippen molar-refractivity contribution in [2.24, 2.45) is 17.6 Å². The largest absolute Gasteiger partial charge is 0.513 e. The Kier molecular flexibility index (Phi) is 2.94. The fourth-order valence-electron chi connectivity index (χ4n) is 1.73. The molecule has 2 nitrogen and oxygen atoms in total. The third-order valence-electron chi connectivity index (χ3n) is 2.65. The van der Waals surface area contributed by atoms with Crippen LogP contribution in [0.3, 0.4) is 0 Å². The summed E-state index contributed by atoms with van der Waals surface area (Å²) >= 11 is 0. The molecule has 0 aromatic heterocycles. The van der Waals surface area contributed by atoms with E-state index in [1.54, 1.807) is 0 Å². The van der Waals surface area contributed by atoms with E-state index in [0.29, 0.717) is 17.6 Å². The van der Waals surface area contributed by atoms with Gasteiger partial charge in [-0.1, -0.05) is 6.58 Å². The molecule has 0 saturated heterocycles. The molecule has 0 amide bonds. The van der Waals surface area contributed by atoms with E-state index in [0.717, 1.165) is 32.2 Å². The second kappa shape index (κ2) is 3.77. The molecule has 3 N–H and O–H groups in total. The predicted molar refractivity (Wildman–Crippen MR) is 46.3 cm³/mol. The molecule has 0 unspecified atom stereocenters. The molecule has 0 bridgehead atoms. The van der Waals surface area contributed by atoms with Gasteiger partial charge in [0.1, 0.15) is 0 Å². The van der Waals surface area contributed by atoms with Gasteiger partial charge in [0.25, 0.3) is 0 Å². The third-order valence-corrected chi connectivity index (χ3v) is 2.65. The topological polar surface area (TPSA) is 46.2 Å². The van der Waals surface area contributed by atoms with Gasteiger partial charge in [-0.2, -0.15) is 0 Å². The van der Waals surface area contributed by atoms with E-state index in [1.165, 1.54) is 0 Å². The lowest BCUT2D eigenvalue weighted by molar-refractivity contribution is 0.240. The van der Waals surface area contributed by atoms with Gasteiger partial charge in [-0.05, 0) is 38.1 Å². The molecule has 1 aliphatic carbocycles. The Balaban J connectivity index is 2.30. The van der Waals surface area contributed by atoms with Gasteiger partial charge in [0.2, 0.25) is 0 Å². The normalized spacial score (nSPS) is 31.7. The van der Waals surface area contributed by atoms with Crippen molar-refractivity contribution in [1.29, 1.82) is 0 Å². The quantitative estimate of drug-likeness (QED) is 0.597. The first-order valence-electron chi connectivity index (χ1n) is 4.32. The van der Waals surface area contributed by atoms with Crippen molar-refractivity contribution in [1.82, 2.24) is 0 Å². The lowest BCUT2D eigenvalue weighted by Crippen LogP contribution is -2.21. The smallest absolute Gasteiger partial charge is 0.0881 e. The molecule has 0 heterocycles. The van der Waals surface area contributed by atoms with Crippen LogP contribution >= 0.6 is 0 Å². The minimum Gasteiger partial charge on any atom is -0.513 e. The molecular formula is C9H17NO. The van der Waals surface area contributed by atoms with Gasteiger partial charge in [0.15, 0.2) is 0 Å². The lowest BCUT2D eigenvalue weighted by Gasteiger charge is -2.26. The Hall–Kier alpha value is -0.500. The third kappa shape index (κ3) is 2.22. The Bertz CT molecular complexity index is 136. The number of rotatable bonds is 2.